The first kappa shape index (κ1) is 13.6. The zero-order valence-corrected chi connectivity index (χ0v) is 9.83. The molecule has 0 aliphatic carbocycles. The van der Waals surface area contributed by atoms with Crippen LogP contribution in [0.1, 0.15) is 19.4 Å². The lowest BCUT2D eigenvalue weighted by molar-refractivity contribution is -0.152. The van der Waals surface area contributed by atoms with Gasteiger partial charge in [-0.2, -0.15) is 0 Å². The fourth-order valence-corrected chi connectivity index (χ4v) is 1.95. The third-order valence-corrected chi connectivity index (χ3v) is 2.72. The van der Waals surface area contributed by atoms with E-state index < -0.39 is 29.1 Å². The van der Waals surface area contributed by atoms with E-state index in [0.29, 0.717) is 0 Å². The van der Waals surface area contributed by atoms with Crippen molar-refractivity contribution in [3.63, 3.8) is 0 Å². The number of ether oxygens (including phenoxy) is 1. The second-order valence-corrected chi connectivity index (χ2v) is 4.27. The summed E-state index contributed by atoms with van der Waals surface area (Å²) in [6.45, 7) is 2.85. The maximum atomic E-state index is 13.6. The van der Waals surface area contributed by atoms with Crippen LogP contribution in [0, 0.1) is 11.6 Å². The number of methoxy groups -OCH3 is 1. The number of benzene rings is 1. The lowest BCUT2D eigenvalue weighted by atomic mass is 9.78. The van der Waals surface area contributed by atoms with Crippen LogP contribution < -0.4 is 0 Å². The van der Waals surface area contributed by atoms with Crippen molar-refractivity contribution in [1.82, 2.24) is 0 Å². The molecular weight excluding hydrogens is 230 g/mol. The molecule has 1 N–H and O–H groups in total. The Labute approximate surface area is 98.0 Å². The largest absolute Gasteiger partial charge is 0.479 e. The van der Waals surface area contributed by atoms with Crippen LogP contribution in [0.15, 0.2) is 18.2 Å². The zero-order valence-electron chi connectivity index (χ0n) is 9.83. The van der Waals surface area contributed by atoms with Crippen molar-refractivity contribution in [3.05, 3.63) is 35.4 Å². The topological polar surface area (TPSA) is 46.5 Å². The van der Waals surface area contributed by atoms with Gasteiger partial charge in [-0.15, -0.1) is 0 Å². The van der Waals surface area contributed by atoms with Crippen LogP contribution in [-0.2, 0) is 14.9 Å². The van der Waals surface area contributed by atoms with E-state index in [9.17, 15) is 13.6 Å². The first-order chi connectivity index (χ1) is 7.82. The standard InChI is InChI=1S/C12H14F2O3/c1-12(2,10(17-3)11(15)16)9-7(13)5-4-6-8(9)14/h4-6,10H,1-3H3,(H,15,16). The molecule has 0 bridgehead atoms. The van der Waals surface area contributed by atoms with Crippen molar-refractivity contribution in [3.8, 4) is 0 Å². The van der Waals surface area contributed by atoms with Gasteiger partial charge in [0.25, 0.3) is 0 Å². The minimum absolute atomic E-state index is 0.283. The molecule has 0 heterocycles. The molecule has 5 heteroatoms. The fourth-order valence-electron chi connectivity index (χ4n) is 1.95. The highest BCUT2D eigenvalue weighted by molar-refractivity contribution is 5.74. The fraction of sp³-hybridized carbons (Fsp3) is 0.417. The number of carboxylic acid groups (broad SMARTS) is 1. The van der Waals surface area contributed by atoms with E-state index in [1.165, 1.54) is 27.0 Å². The summed E-state index contributed by atoms with van der Waals surface area (Å²) in [5, 5.41) is 8.98. The van der Waals surface area contributed by atoms with Gasteiger partial charge in [-0.3, -0.25) is 0 Å². The van der Waals surface area contributed by atoms with Crippen LogP contribution in [-0.4, -0.2) is 24.3 Å². The summed E-state index contributed by atoms with van der Waals surface area (Å²) in [5.74, 6) is -2.82. The number of hydrogen-bond acceptors (Lipinski definition) is 2. The second-order valence-electron chi connectivity index (χ2n) is 4.27. The summed E-state index contributed by atoms with van der Waals surface area (Å²) in [6, 6.07) is 3.41. The summed E-state index contributed by atoms with van der Waals surface area (Å²) < 4.78 is 32.0. The SMILES string of the molecule is COC(C(=O)O)C(C)(C)c1c(F)cccc1F. The quantitative estimate of drug-likeness (QED) is 0.884. The average molecular weight is 244 g/mol. The monoisotopic (exact) mass is 244 g/mol. The predicted octanol–water partition coefficient (Wildman–Crippen LogP) is 2.34. The van der Waals surface area contributed by atoms with E-state index in [2.05, 4.69) is 0 Å². The van der Waals surface area contributed by atoms with Crippen molar-refractivity contribution in [2.24, 2.45) is 0 Å². The van der Waals surface area contributed by atoms with Crippen LogP contribution in [0.25, 0.3) is 0 Å². The van der Waals surface area contributed by atoms with E-state index in [4.69, 9.17) is 9.84 Å². The zero-order chi connectivity index (χ0) is 13.2. The van der Waals surface area contributed by atoms with Crippen LogP contribution in [0.5, 0.6) is 0 Å². The molecule has 1 unspecified atom stereocenters. The molecule has 0 saturated heterocycles. The highest BCUT2D eigenvalue weighted by Crippen LogP contribution is 2.33. The smallest absolute Gasteiger partial charge is 0.333 e. The van der Waals surface area contributed by atoms with Gasteiger partial charge in [-0.1, -0.05) is 19.9 Å². The number of aliphatic carboxylic acids is 1. The van der Waals surface area contributed by atoms with Gasteiger partial charge in [0.1, 0.15) is 11.6 Å². The molecule has 94 valence electrons. The van der Waals surface area contributed by atoms with Gasteiger partial charge in [-0.25, -0.2) is 13.6 Å². The predicted molar refractivity (Wildman–Crippen MR) is 57.8 cm³/mol. The molecule has 0 radical (unpaired) electrons. The molecule has 0 saturated carbocycles. The van der Waals surface area contributed by atoms with Gasteiger partial charge < -0.3 is 9.84 Å². The molecule has 0 amide bonds. The van der Waals surface area contributed by atoms with E-state index in [0.717, 1.165) is 12.1 Å². The van der Waals surface area contributed by atoms with Crippen molar-refractivity contribution < 1.29 is 23.4 Å². The van der Waals surface area contributed by atoms with E-state index in [-0.39, 0.29) is 5.56 Å². The number of carboxylic acids is 1. The van der Waals surface area contributed by atoms with Gasteiger partial charge in [0.2, 0.25) is 0 Å². The minimum Gasteiger partial charge on any atom is -0.479 e. The lowest BCUT2D eigenvalue weighted by Gasteiger charge is -2.31. The Morgan fingerprint density at radius 3 is 2.18 bits per heavy atom. The average Bonchev–Trinajstić information content (AvgIpc) is 2.16. The van der Waals surface area contributed by atoms with Gasteiger partial charge in [-0.05, 0) is 12.1 Å². The molecule has 1 rings (SSSR count). The molecule has 3 nitrogen and oxygen atoms in total. The maximum absolute atomic E-state index is 13.6. The molecule has 0 aliphatic rings. The Morgan fingerprint density at radius 1 is 1.35 bits per heavy atom. The molecule has 0 fully saturated rings. The van der Waals surface area contributed by atoms with Crippen molar-refractivity contribution >= 4 is 5.97 Å². The van der Waals surface area contributed by atoms with Crippen molar-refractivity contribution in [2.75, 3.05) is 7.11 Å². The van der Waals surface area contributed by atoms with Gasteiger partial charge >= 0.3 is 5.97 Å². The van der Waals surface area contributed by atoms with E-state index in [1.807, 2.05) is 0 Å². The Morgan fingerprint density at radius 2 is 1.82 bits per heavy atom. The van der Waals surface area contributed by atoms with Crippen LogP contribution in [0.3, 0.4) is 0 Å². The summed E-state index contributed by atoms with van der Waals surface area (Å²) in [6.07, 6.45) is -1.33. The van der Waals surface area contributed by atoms with E-state index >= 15 is 0 Å². The molecule has 1 aromatic carbocycles. The van der Waals surface area contributed by atoms with Crippen LogP contribution in [0.4, 0.5) is 8.78 Å². The molecule has 0 aromatic heterocycles. The number of carbonyl (C=O) groups is 1. The minimum atomic E-state index is -1.33. The summed E-state index contributed by atoms with van der Waals surface area (Å²) >= 11 is 0. The van der Waals surface area contributed by atoms with Crippen molar-refractivity contribution in [1.29, 1.82) is 0 Å². The maximum Gasteiger partial charge on any atom is 0.333 e. The third kappa shape index (κ3) is 2.44. The molecule has 17 heavy (non-hydrogen) atoms. The number of halogens is 2. The molecular formula is C12H14F2O3. The summed E-state index contributed by atoms with van der Waals surface area (Å²) in [4.78, 5) is 11.0. The molecule has 1 aromatic rings. The highest BCUT2D eigenvalue weighted by Gasteiger charge is 2.40. The first-order valence-corrected chi connectivity index (χ1v) is 5.02. The second kappa shape index (κ2) is 4.79. The Kier molecular flexibility index (Phi) is 3.83. The van der Waals surface area contributed by atoms with Crippen molar-refractivity contribution in [2.45, 2.75) is 25.4 Å². The number of hydrogen-bond donors (Lipinski definition) is 1. The first-order valence-electron chi connectivity index (χ1n) is 5.02. The molecule has 1 atom stereocenters. The normalized spacial score (nSPS) is 13.5. The number of rotatable bonds is 4. The Hall–Kier alpha value is -1.49. The molecule has 0 aliphatic heterocycles. The molecule has 0 spiro atoms. The van der Waals surface area contributed by atoms with Crippen LogP contribution >= 0.6 is 0 Å². The lowest BCUT2D eigenvalue weighted by Crippen LogP contribution is -2.42. The summed E-state index contributed by atoms with van der Waals surface area (Å²) in [7, 11) is 1.19. The van der Waals surface area contributed by atoms with Crippen LogP contribution in [0.2, 0.25) is 0 Å². The third-order valence-electron chi connectivity index (χ3n) is 2.72. The highest BCUT2D eigenvalue weighted by atomic mass is 19.1. The van der Waals surface area contributed by atoms with E-state index in [1.54, 1.807) is 0 Å². The van der Waals surface area contributed by atoms with Gasteiger partial charge in [0, 0.05) is 18.1 Å². The van der Waals surface area contributed by atoms with Gasteiger partial charge in [0.05, 0.1) is 0 Å². The Bertz CT molecular complexity index is 410. The Balaban J connectivity index is 3.34. The summed E-state index contributed by atoms with van der Waals surface area (Å²) in [5.41, 5.74) is -1.59. The van der Waals surface area contributed by atoms with Gasteiger partial charge in [0.15, 0.2) is 6.10 Å².